The Bertz CT molecular complexity index is 352. The Balaban J connectivity index is 2.62. The number of anilines is 1. The molecular formula is C9H14N2OS. The normalized spacial score (nSPS) is 10.6. The fourth-order valence-electron chi connectivity index (χ4n) is 1.28. The van der Waals surface area contributed by atoms with Crippen LogP contribution < -0.4 is 16.5 Å². The molecule has 4 heteroatoms. The molecule has 1 rings (SSSR count). The van der Waals surface area contributed by atoms with Crippen molar-refractivity contribution in [2.45, 2.75) is 19.8 Å². The van der Waals surface area contributed by atoms with Gasteiger partial charge in [0.2, 0.25) is 5.43 Å². The number of rotatable bonds is 5. The van der Waals surface area contributed by atoms with E-state index in [-0.39, 0.29) is 5.43 Å². The summed E-state index contributed by atoms with van der Waals surface area (Å²) in [5.41, 5.74) is 7.03. The molecule has 0 aliphatic rings. The van der Waals surface area contributed by atoms with Gasteiger partial charge in [-0.1, -0.05) is 19.1 Å². The van der Waals surface area contributed by atoms with Gasteiger partial charge in [-0.2, -0.15) is 0 Å². The van der Waals surface area contributed by atoms with Gasteiger partial charge in [0.1, 0.15) is 0 Å². The van der Waals surface area contributed by atoms with Crippen molar-refractivity contribution in [1.29, 1.82) is 0 Å². The Kier molecular flexibility index (Phi) is 3.57. The van der Waals surface area contributed by atoms with E-state index in [1.165, 1.54) is 0 Å². The molecule has 0 fully saturated rings. The number of nitrogens with two attached hydrogens (primary N) is 1. The first-order chi connectivity index (χ1) is 6.22. The first-order valence-corrected chi connectivity index (χ1v) is 4.89. The lowest BCUT2D eigenvalue weighted by atomic mass is 10.1. The molecule has 0 atom stereocenters. The lowest BCUT2D eigenvalue weighted by molar-refractivity contribution is 0.869. The fraction of sp³-hybridized carbons (Fsp3) is 0.556. The molecule has 0 amide bonds. The Morgan fingerprint density at radius 1 is 1.54 bits per heavy atom. The van der Waals surface area contributed by atoms with E-state index in [0.717, 1.165) is 24.9 Å². The lowest BCUT2D eigenvalue weighted by Crippen LogP contribution is -2.22. The van der Waals surface area contributed by atoms with Gasteiger partial charge in [0.05, 0.1) is 10.2 Å². The van der Waals surface area contributed by atoms with Crippen LogP contribution in [0.2, 0.25) is 0 Å². The second kappa shape index (κ2) is 4.48. The van der Waals surface area contributed by atoms with Gasteiger partial charge in [-0.15, -0.1) is 0 Å². The molecular weight excluding hydrogens is 184 g/mol. The van der Waals surface area contributed by atoms with Crippen molar-refractivity contribution in [2.24, 2.45) is 5.73 Å². The average Bonchev–Trinajstić information content (AvgIpc) is 2.16. The standard InChI is InChI=1S/C9H14N2OS/c1-2-6-7(8(12)9(6)13)11-5-3-4-10/h11H,2-5,10H2,1H3. The fourth-order valence-corrected chi connectivity index (χ4v) is 1.63. The van der Waals surface area contributed by atoms with Crippen LogP contribution in [0.25, 0.3) is 0 Å². The van der Waals surface area contributed by atoms with E-state index < -0.39 is 0 Å². The van der Waals surface area contributed by atoms with E-state index in [9.17, 15) is 4.79 Å². The van der Waals surface area contributed by atoms with Crippen molar-refractivity contribution in [1.82, 2.24) is 0 Å². The topological polar surface area (TPSA) is 55.1 Å². The summed E-state index contributed by atoms with van der Waals surface area (Å²) in [7, 11) is 0. The summed E-state index contributed by atoms with van der Waals surface area (Å²) >= 11 is 4.91. The molecule has 0 heterocycles. The molecule has 0 aromatic heterocycles. The van der Waals surface area contributed by atoms with Crippen LogP contribution >= 0.6 is 12.2 Å². The molecule has 1 aromatic carbocycles. The second-order valence-corrected chi connectivity index (χ2v) is 3.34. The van der Waals surface area contributed by atoms with Crippen LogP contribution in [0.4, 0.5) is 5.69 Å². The Labute approximate surface area is 82.6 Å². The minimum absolute atomic E-state index is 0.0103. The summed E-state index contributed by atoms with van der Waals surface area (Å²) < 4.78 is 0.498. The molecule has 0 spiro atoms. The molecule has 1 aromatic rings. The highest BCUT2D eigenvalue weighted by atomic mass is 32.1. The van der Waals surface area contributed by atoms with Crippen LogP contribution in [0.1, 0.15) is 18.9 Å². The second-order valence-electron chi connectivity index (χ2n) is 2.93. The minimum Gasteiger partial charge on any atom is -0.382 e. The van der Waals surface area contributed by atoms with Crippen molar-refractivity contribution < 1.29 is 0 Å². The molecule has 72 valence electrons. The molecule has 3 N–H and O–H groups in total. The summed E-state index contributed by atoms with van der Waals surface area (Å²) in [4.78, 5) is 11.2. The SMILES string of the molecule is CCc1c(NCCCN)c(=O)c1=S. The molecule has 0 aliphatic carbocycles. The van der Waals surface area contributed by atoms with E-state index in [2.05, 4.69) is 5.32 Å². The maximum atomic E-state index is 11.2. The third-order valence-corrected chi connectivity index (χ3v) is 2.48. The van der Waals surface area contributed by atoms with Crippen molar-refractivity contribution in [3.63, 3.8) is 0 Å². The van der Waals surface area contributed by atoms with Crippen LogP contribution in [0.5, 0.6) is 0 Å². The third-order valence-electron chi connectivity index (χ3n) is 2.05. The highest BCUT2D eigenvalue weighted by molar-refractivity contribution is 7.71. The maximum absolute atomic E-state index is 11.2. The summed E-state index contributed by atoms with van der Waals surface area (Å²) in [6, 6.07) is 0. The zero-order valence-corrected chi connectivity index (χ0v) is 8.54. The molecule has 0 unspecified atom stereocenters. The monoisotopic (exact) mass is 198 g/mol. The van der Waals surface area contributed by atoms with Gasteiger partial charge in [-0.25, -0.2) is 0 Å². The Morgan fingerprint density at radius 2 is 2.23 bits per heavy atom. The lowest BCUT2D eigenvalue weighted by Gasteiger charge is -2.12. The summed E-state index contributed by atoms with van der Waals surface area (Å²) in [6.45, 7) is 3.39. The quantitative estimate of drug-likeness (QED) is 0.547. The van der Waals surface area contributed by atoms with Crippen molar-refractivity contribution in [3.8, 4) is 0 Å². The van der Waals surface area contributed by atoms with E-state index in [4.69, 9.17) is 18.0 Å². The highest BCUT2D eigenvalue weighted by Crippen LogP contribution is 2.16. The van der Waals surface area contributed by atoms with Gasteiger partial charge in [0.25, 0.3) is 0 Å². The molecule has 0 bridgehead atoms. The zero-order chi connectivity index (χ0) is 9.84. The Morgan fingerprint density at radius 3 is 2.77 bits per heavy atom. The van der Waals surface area contributed by atoms with Gasteiger partial charge in [-0.3, -0.25) is 4.79 Å². The predicted octanol–water partition coefficient (Wildman–Crippen LogP) is 0.975. The van der Waals surface area contributed by atoms with Gasteiger partial charge in [0, 0.05) is 12.1 Å². The van der Waals surface area contributed by atoms with Gasteiger partial charge in [0.15, 0.2) is 0 Å². The predicted molar refractivity (Wildman–Crippen MR) is 57.5 cm³/mol. The molecule has 13 heavy (non-hydrogen) atoms. The minimum atomic E-state index is -0.0103. The van der Waals surface area contributed by atoms with Crippen LogP contribution in [-0.4, -0.2) is 13.1 Å². The molecule has 0 saturated heterocycles. The van der Waals surface area contributed by atoms with Gasteiger partial charge < -0.3 is 11.1 Å². The molecule has 0 radical (unpaired) electrons. The van der Waals surface area contributed by atoms with Gasteiger partial charge >= 0.3 is 0 Å². The van der Waals surface area contributed by atoms with Crippen LogP contribution in [-0.2, 0) is 6.42 Å². The third kappa shape index (κ3) is 1.95. The molecule has 3 nitrogen and oxygen atoms in total. The van der Waals surface area contributed by atoms with E-state index in [1.54, 1.807) is 0 Å². The van der Waals surface area contributed by atoms with E-state index in [1.807, 2.05) is 6.92 Å². The van der Waals surface area contributed by atoms with Crippen molar-refractivity contribution >= 4 is 17.9 Å². The van der Waals surface area contributed by atoms with Crippen molar-refractivity contribution in [2.75, 3.05) is 18.4 Å². The number of hydrogen-bond donors (Lipinski definition) is 2. The van der Waals surface area contributed by atoms with Crippen LogP contribution in [0.3, 0.4) is 0 Å². The summed E-state index contributed by atoms with van der Waals surface area (Å²) in [6.07, 6.45) is 1.70. The molecule has 0 aliphatic heterocycles. The average molecular weight is 198 g/mol. The van der Waals surface area contributed by atoms with Gasteiger partial charge in [-0.05, 0) is 19.4 Å². The number of hydrogen-bond acceptors (Lipinski definition) is 4. The first-order valence-electron chi connectivity index (χ1n) is 4.48. The largest absolute Gasteiger partial charge is 0.382 e. The van der Waals surface area contributed by atoms with Crippen molar-refractivity contribution in [3.05, 3.63) is 20.3 Å². The number of nitrogens with one attached hydrogen (secondary N) is 1. The van der Waals surface area contributed by atoms with Crippen LogP contribution in [0, 0.1) is 4.51 Å². The first kappa shape index (κ1) is 10.3. The summed E-state index contributed by atoms with van der Waals surface area (Å²) in [5.74, 6) is 0. The van der Waals surface area contributed by atoms with E-state index in [0.29, 0.717) is 16.7 Å². The highest BCUT2D eigenvalue weighted by Gasteiger charge is 2.14. The maximum Gasteiger partial charge on any atom is 0.220 e. The van der Waals surface area contributed by atoms with Crippen LogP contribution in [0.15, 0.2) is 4.79 Å². The molecule has 0 saturated carbocycles. The zero-order valence-electron chi connectivity index (χ0n) is 7.72. The Hall–Kier alpha value is -0.740. The van der Waals surface area contributed by atoms with E-state index >= 15 is 0 Å². The summed E-state index contributed by atoms with van der Waals surface area (Å²) in [5, 5.41) is 3.06. The smallest absolute Gasteiger partial charge is 0.220 e.